The van der Waals surface area contributed by atoms with E-state index in [2.05, 4.69) is 36.9 Å². The molecule has 1 heterocycles. The minimum absolute atomic E-state index is 0.120. The number of hydrogen-bond donors (Lipinski definition) is 0. The summed E-state index contributed by atoms with van der Waals surface area (Å²) in [5.41, 5.74) is 4.43. The molecular weight excluding hydrogens is 383 g/mol. The Bertz CT molecular complexity index is 822. The Hall–Kier alpha value is -1.72. The van der Waals surface area contributed by atoms with E-state index in [0.29, 0.717) is 22.1 Å². The predicted octanol–water partition coefficient (Wildman–Crippen LogP) is 4.68. The number of carbonyl (C=O) groups excluding carboxylic acids is 1. The molecule has 0 aliphatic carbocycles. The van der Waals surface area contributed by atoms with Crippen molar-refractivity contribution in [3.63, 3.8) is 0 Å². The molecule has 0 spiro atoms. The van der Waals surface area contributed by atoms with E-state index in [0.717, 1.165) is 26.2 Å². The molecule has 0 bridgehead atoms. The smallest absolute Gasteiger partial charge is 0.232 e. The minimum atomic E-state index is -0.315. The summed E-state index contributed by atoms with van der Waals surface area (Å²) in [5.74, 6) is 0.641. The molecule has 27 heavy (non-hydrogen) atoms. The number of amides is 1. The number of benzene rings is 2. The number of nitrogens with zero attached hydrogens (tertiary/aromatic N) is 2. The molecule has 1 amide bonds. The number of halogens is 2. The van der Waals surface area contributed by atoms with Gasteiger partial charge in [0.25, 0.3) is 0 Å². The van der Waals surface area contributed by atoms with Gasteiger partial charge in [0.05, 0.1) is 5.75 Å². The van der Waals surface area contributed by atoms with Crippen molar-refractivity contribution >= 4 is 35.0 Å². The van der Waals surface area contributed by atoms with E-state index in [4.69, 9.17) is 11.6 Å². The van der Waals surface area contributed by atoms with Crippen LogP contribution in [-0.4, -0.2) is 42.7 Å². The number of aryl methyl sites for hydroxylation is 1. The van der Waals surface area contributed by atoms with Gasteiger partial charge in [0.2, 0.25) is 5.91 Å². The first-order valence-corrected chi connectivity index (χ1v) is 10.6. The molecule has 0 N–H and O–H groups in total. The van der Waals surface area contributed by atoms with Gasteiger partial charge in [0.15, 0.2) is 0 Å². The number of piperazine rings is 1. The first kappa shape index (κ1) is 20.0. The lowest BCUT2D eigenvalue weighted by Gasteiger charge is -2.37. The van der Waals surface area contributed by atoms with Gasteiger partial charge in [0.1, 0.15) is 5.82 Å². The zero-order valence-electron chi connectivity index (χ0n) is 15.7. The number of hydrogen-bond acceptors (Lipinski definition) is 3. The predicted molar refractivity (Wildman–Crippen MR) is 112 cm³/mol. The first-order chi connectivity index (χ1) is 13.0. The Kier molecular flexibility index (Phi) is 6.66. The normalized spacial score (nSPS) is 14.5. The molecule has 2 aromatic rings. The summed E-state index contributed by atoms with van der Waals surface area (Å²) >= 11 is 7.21. The van der Waals surface area contributed by atoms with Gasteiger partial charge in [-0.25, -0.2) is 4.39 Å². The highest BCUT2D eigenvalue weighted by Crippen LogP contribution is 2.24. The molecule has 1 aliphatic rings. The van der Waals surface area contributed by atoms with Gasteiger partial charge < -0.3 is 9.80 Å². The van der Waals surface area contributed by atoms with E-state index in [-0.39, 0.29) is 11.7 Å². The molecule has 0 unspecified atom stereocenters. The van der Waals surface area contributed by atoms with Crippen LogP contribution < -0.4 is 4.90 Å². The minimum Gasteiger partial charge on any atom is -0.368 e. The van der Waals surface area contributed by atoms with Crippen molar-refractivity contribution in [2.45, 2.75) is 19.6 Å². The molecule has 6 heteroatoms. The fraction of sp³-hybridized carbons (Fsp3) is 0.381. The van der Waals surface area contributed by atoms with Crippen LogP contribution in [0.4, 0.5) is 10.1 Å². The average molecular weight is 407 g/mol. The SMILES string of the molecule is Cc1cccc(N2CCN(C(=O)CSCc3ccc(Cl)cc3F)CC2)c1C. The van der Waals surface area contributed by atoms with Gasteiger partial charge in [-0.15, -0.1) is 11.8 Å². The summed E-state index contributed by atoms with van der Waals surface area (Å²) < 4.78 is 13.8. The van der Waals surface area contributed by atoms with Gasteiger partial charge in [-0.1, -0.05) is 29.8 Å². The molecular formula is C21H24ClFN2OS. The van der Waals surface area contributed by atoms with Gasteiger partial charge in [-0.2, -0.15) is 0 Å². The Morgan fingerprint density at radius 1 is 1.15 bits per heavy atom. The second-order valence-corrected chi connectivity index (χ2v) is 8.24. The maximum Gasteiger partial charge on any atom is 0.232 e. The fourth-order valence-corrected chi connectivity index (χ4v) is 4.33. The molecule has 3 rings (SSSR count). The summed E-state index contributed by atoms with van der Waals surface area (Å²) in [7, 11) is 0. The largest absolute Gasteiger partial charge is 0.368 e. The summed E-state index contributed by atoms with van der Waals surface area (Å²) in [6, 6.07) is 11.0. The summed E-state index contributed by atoms with van der Waals surface area (Å²) in [4.78, 5) is 16.7. The molecule has 1 saturated heterocycles. The van der Waals surface area contributed by atoms with Crippen molar-refractivity contribution in [3.05, 3.63) is 63.9 Å². The third kappa shape index (κ3) is 4.96. The zero-order chi connectivity index (χ0) is 19.4. The lowest BCUT2D eigenvalue weighted by Crippen LogP contribution is -2.49. The van der Waals surface area contributed by atoms with Gasteiger partial charge >= 0.3 is 0 Å². The van der Waals surface area contributed by atoms with E-state index in [1.54, 1.807) is 12.1 Å². The highest BCUT2D eigenvalue weighted by atomic mass is 35.5. The zero-order valence-corrected chi connectivity index (χ0v) is 17.2. The van der Waals surface area contributed by atoms with Crippen molar-refractivity contribution < 1.29 is 9.18 Å². The van der Waals surface area contributed by atoms with Crippen molar-refractivity contribution in [2.75, 3.05) is 36.8 Å². The van der Waals surface area contributed by atoms with Crippen LogP contribution in [0.2, 0.25) is 5.02 Å². The average Bonchev–Trinajstić information content (AvgIpc) is 2.66. The van der Waals surface area contributed by atoms with Crippen LogP contribution in [0.3, 0.4) is 0 Å². The van der Waals surface area contributed by atoms with Crippen LogP contribution in [0.1, 0.15) is 16.7 Å². The molecule has 144 valence electrons. The fourth-order valence-electron chi connectivity index (χ4n) is 3.25. The van der Waals surface area contributed by atoms with E-state index >= 15 is 0 Å². The molecule has 0 saturated carbocycles. The summed E-state index contributed by atoms with van der Waals surface area (Å²) in [6.07, 6.45) is 0. The Morgan fingerprint density at radius 3 is 2.59 bits per heavy atom. The second kappa shape index (κ2) is 8.98. The van der Waals surface area contributed by atoms with Crippen molar-refractivity contribution in [1.29, 1.82) is 0 Å². The van der Waals surface area contributed by atoms with E-state index in [1.807, 2.05) is 4.90 Å². The summed E-state index contributed by atoms with van der Waals surface area (Å²) in [6.45, 7) is 7.40. The second-order valence-electron chi connectivity index (χ2n) is 6.82. The van der Waals surface area contributed by atoms with Crippen LogP contribution in [-0.2, 0) is 10.5 Å². The van der Waals surface area contributed by atoms with Crippen molar-refractivity contribution in [1.82, 2.24) is 4.90 Å². The number of carbonyl (C=O) groups is 1. The van der Waals surface area contributed by atoms with Gasteiger partial charge in [0, 0.05) is 42.6 Å². The van der Waals surface area contributed by atoms with Crippen LogP contribution in [0.5, 0.6) is 0 Å². The number of thioether (sulfide) groups is 1. The van der Waals surface area contributed by atoms with Crippen LogP contribution in [0.25, 0.3) is 0 Å². The number of anilines is 1. The third-order valence-electron chi connectivity index (χ3n) is 5.05. The first-order valence-electron chi connectivity index (χ1n) is 9.06. The lowest BCUT2D eigenvalue weighted by molar-refractivity contribution is -0.128. The highest BCUT2D eigenvalue weighted by Gasteiger charge is 2.22. The van der Waals surface area contributed by atoms with E-state index < -0.39 is 0 Å². The Labute approximate surface area is 169 Å². The number of rotatable bonds is 5. The van der Waals surface area contributed by atoms with E-state index in [9.17, 15) is 9.18 Å². The van der Waals surface area contributed by atoms with Gasteiger partial charge in [-0.05, 0) is 48.7 Å². The topological polar surface area (TPSA) is 23.6 Å². The highest BCUT2D eigenvalue weighted by molar-refractivity contribution is 7.99. The molecule has 0 atom stereocenters. The lowest BCUT2D eigenvalue weighted by atomic mass is 10.1. The molecule has 1 aliphatic heterocycles. The third-order valence-corrected chi connectivity index (χ3v) is 6.25. The molecule has 0 radical (unpaired) electrons. The molecule has 2 aromatic carbocycles. The quantitative estimate of drug-likeness (QED) is 0.720. The maximum atomic E-state index is 13.8. The maximum absolute atomic E-state index is 13.8. The molecule has 3 nitrogen and oxygen atoms in total. The Balaban J connectivity index is 1.48. The van der Waals surface area contributed by atoms with Crippen molar-refractivity contribution in [3.8, 4) is 0 Å². The standard InChI is InChI=1S/C21H24ClFN2OS/c1-15-4-3-5-20(16(15)2)24-8-10-25(11-9-24)21(26)14-27-13-17-6-7-18(22)12-19(17)23/h3-7,12H,8-11,13-14H2,1-2H3. The van der Waals surface area contributed by atoms with Crippen LogP contribution in [0, 0.1) is 19.7 Å². The van der Waals surface area contributed by atoms with Crippen LogP contribution in [0.15, 0.2) is 36.4 Å². The van der Waals surface area contributed by atoms with Crippen LogP contribution >= 0.6 is 23.4 Å². The Morgan fingerprint density at radius 2 is 1.89 bits per heavy atom. The van der Waals surface area contributed by atoms with E-state index in [1.165, 1.54) is 34.6 Å². The molecule has 1 fully saturated rings. The summed E-state index contributed by atoms with van der Waals surface area (Å²) in [5, 5.41) is 0.388. The van der Waals surface area contributed by atoms with Crippen molar-refractivity contribution in [2.24, 2.45) is 0 Å². The monoisotopic (exact) mass is 406 g/mol. The van der Waals surface area contributed by atoms with Gasteiger partial charge in [-0.3, -0.25) is 4.79 Å². The molecule has 0 aromatic heterocycles.